The van der Waals surface area contributed by atoms with Gasteiger partial charge in [-0.2, -0.15) is 0 Å². The predicted molar refractivity (Wildman–Crippen MR) is 20.0 cm³/mol. The van der Waals surface area contributed by atoms with Gasteiger partial charge in [0.15, 0.2) is 0 Å². The lowest BCUT2D eigenvalue weighted by Crippen LogP contribution is -2.09. The minimum absolute atomic E-state index is 0. The number of hydrogen-bond acceptors (Lipinski definition) is 2. The first-order chi connectivity index (χ1) is 2.00. The van der Waals surface area contributed by atoms with E-state index in [4.69, 9.17) is 0 Å². The molecule has 2 N–H and O–H groups in total. The standard InChI is InChI=1S/BH2NO2S/c1-5(2,3)4/h(H2,2,3,4)/p+1. The van der Waals surface area contributed by atoms with E-state index in [-0.39, 0.29) is 1.43 Å². The lowest BCUT2D eigenvalue weighted by Gasteiger charge is -1.71. The maximum Gasteiger partial charge on any atom is 1.00 e. The van der Waals surface area contributed by atoms with E-state index < -0.39 is 9.87 Å². The van der Waals surface area contributed by atoms with Gasteiger partial charge in [0.25, 0.3) is 7.12 Å². The molecule has 0 aromatic heterocycles. The van der Waals surface area contributed by atoms with Crippen molar-refractivity contribution < 1.29 is 9.84 Å². The Morgan fingerprint density at radius 1 is 1.80 bits per heavy atom. The van der Waals surface area contributed by atoms with Crippen LogP contribution < -0.4 is 5.14 Å². The highest BCUT2D eigenvalue weighted by molar-refractivity contribution is 8.10. The van der Waals surface area contributed by atoms with E-state index in [1.54, 1.807) is 0 Å². The quantitative estimate of drug-likeness (QED) is 0.368. The van der Waals surface area contributed by atoms with Gasteiger partial charge in [-0.05, 0) is 0 Å². The Morgan fingerprint density at radius 3 is 1.80 bits per heavy atom. The van der Waals surface area contributed by atoms with E-state index in [0.29, 0.717) is 0 Å². The number of rotatable bonds is 0. The molecule has 0 fully saturated rings. The molecule has 0 bridgehead atoms. The summed E-state index contributed by atoms with van der Waals surface area (Å²) in [5, 5.41) is 4.10. The molecular weight excluding hydrogens is 88.9 g/mol. The highest BCUT2D eigenvalue weighted by Gasteiger charge is 1.79. The van der Waals surface area contributed by atoms with Crippen molar-refractivity contribution in [2.45, 2.75) is 0 Å². The second kappa shape index (κ2) is 0.985. The zero-order chi connectivity index (χ0) is 4.50. The van der Waals surface area contributed by atoms with Crippen molar-refractivity contribution in [3.05, 3.63) is 0 Å². The van der Waals surface area contributed by atoms with Gasteiger partial charge in [0, 0.05) is 0 Å². The summed E-state index contributed by atoms with van der Waals surface area (Å²) in [7, 11) is 0.438. The van der Waals surface area contributed by atoms with Crippen molar-refractivity contribution in [3.8, 4) is 0 Å². The van der Waals surface area contributed by atoms with E-state index in [9.17, 15) is 8.42 Å². The van der Waals surface area contributed by atoms with Crippen molar-refractivity contribution in [2.75, 3.05) is 0 Å². The Bertz CT molecular complexity index is 96.7. The van der Waals surface area contributed by atoms with Crippen LogP contribution >= 0.6 is 0 Å². The SMILES string of the molecule is [B]S(N)(=O)=O.[H+]. The molecule has 0 aromatic carbocycles. The molecule has 0 aliphatic rings. The zero-order valence-corrected chi connectivity index (χ0v) is 3.20. The van der Waals surface area contributed by atoms with Crippen molar-refractivity contribution >= 4 is 17.0 Å². The Labute approximate surface area is 33.0 Å². The van der Waals surface area contributed by atoms with Gasteiger partial charge in [0.05, 0.1) is 0 Å². The average molecular weight is 91.9 g/mol. The summed E-state index contributed by atoms with van der Waals surface area (Å²) in [5.41, 5.74) is 0. The smallest absolute Gasteiger partial charge is 0.240 e. The predicted octanol–water partition coefficient (Wildman–Crippen LogP) is -1.53. The minimum atomic E-state index is -3.67. The fourth-order valence-corrected chi connectivity index (χ4v) is 0. The second-order valence-corrected chi connectivity index (χ2v) is 1.77. The summed E-state index contributed by atoms with van der Waals surface area (Å²) in [4.78, 5) is 0. The van der Waals surface area contributed by atoms with E-state index in [1.165, 1.54) is 0 Å². The summed E-state index contributed by atoms with van der Waals surface area (Å²) in [6.45, 7) is 0. The highest BCUT2D eigenvalue weighted by atomic mass is 32.2. The molecule has 0 atom stereocenters. The molecule has 0 rings (SSSR count). The maximum atomic E-state index is 9.19. The van der Waals surface area contributed by atoms with Gasteiger partial charge in [-0.15, -0.1) is 0 Å². The summed E-state index contributed by atoms with van der Waals surface area (Å²) < 4.78 is 18.4. The molecular formula is H3BNO2S+. The van der Waals surface area contributed by atoms with Crippen molar-refractivity contribution in [3.63, 3.8) is 0 Å². The van der Waals surface area contributed by atoms with Gasteiger partial charge in [-0.25, -0.2) is 13.6 Å². The fourth-order valence-electron chi connectivity index (χ4n) is 0. The van der Waals surface area contributed by atoms with Crippen LogP contribution in [0.1, 0.15) is 1.43 Å². The molecule has 0 heterocycles. The molecule has 3 nitrogen and oxygen atoms in total. The van der Waals surface area contributed by atoms with Crippen LogP contribution in [0.25, 0.3) is 0 Å². The normalized spacial score (nSPS) is 11.4. The highest BCUT2D eigenvalue weighted by Crippen LogP contribution is 1.48. The van der Waals surface area contributed by atoms with Gasteiger partial charge in [-0.3, -0.25) is 0 Å². The van der Waals surface area contributed by atoms with Gasteiger partial charge in [-0.1, -0.05) is 0 Å². The number of nitrogens with two attached hydrogens (primary N) is 1. The van der Waals surface area contributed by atoms with Crippen LogP contribution in [-0.2, 0) is 9.87 Å². The average Bonchev–Trinajstić information content (AvgIpc) is 0.722. The van der Waals surface area contributed by atoms with Crippen LogP contribution in [0.2, 0.25) is 0 Å². The zero-order valence-electron chi connectivity index (χ0n) is 3.38. The first-order valence-electron chi connectivity index (χ1n) is 0.805. The molecule has 5 heavy (non-hydrogen) atoms. The Balaban J connectivity index is 0. The monoisotopic (exact) mass is 92.0 g/mol. The third-order valence-corrected chi connectivity index (χ3v) is 0. The lowest BCUT2D eigenvalue weighted by atomic mass is 10.8. The lowest BCUT2D eigenvalue weighted by molar-refractivity contribution is 0.611. The summed E-state index contributed by atoms with van der Waals surface area (Å²) in [6.07, 6.45) is 0. The molecule has 0 aliphatic heterocycles. The van der Waals surface area contributed by atoms with Gasteiger partial charge < -0.3 is 0 Å². The van der Waals surface area contributed by atoms with E-state index in [1.807, 2.05) is 0 Å². The molecule has 2 radical (unpaired) electrons. The summed E-state index contributed by atoms with van der Waals surface area (Å²) >= 11 is 0. The first-order valence-corrected chi connectivity index (χ1v) is 2.41. The van der Waals surface area contributed by atoms with Crippen molar-refractivity contribution in [2.24, 2.45) is 5.14 Å². The van der Waals surface area contributed by atoms with Gasteiger partial charge in [0.1, 0.15) is 9.87 Å². The molecule has 0 amide bonds. The Morgan fingerprint density at radius 2 is 1.80 bits per heavy atom. The van der Waals surface area contributed by atoms with Crippen LogP contribution in [0, 0.1) is 0 Å². The molecule has 0 unspecified atom stereocenters. The van der Waals surface area contributed by atoms with E-state index in [2.05, 4.69) is 12.3 Å². The summed E-state index contributed by atoms with van der Waals surface area (Å²) in [6, 6.07) is 0. The Kier molecular flexibility index (Phi) is 0.980. The van der Waals surface area contributed by atoms with Crippen LogP contribution in [0.4, 0.5) is 0 Å². The van der Waals surface area contributed by atoms with Crippen molar-refractivity contribution in [1.82, 2.24) is 0 Å². The van der Waals surface area contributed by atoms with Crippen LogP contribution in [-0.4, -0.2) is 15.5 Å². The molecule has 0 saturated heterocycles. The number of hydrogen-bond donors (Lipinski definition) is 1. The molecule has 5 heteroatoms. The molecule has 0 aliphatic carbocycles. The maximum absolute atomic E-state index is 9.19. The molecule has 28 valence electrons. The fraction of sp³-hybridized carbons (Fsp3) is 0. The Hall–Kier alpha value is -0.0251. The molecule has 0 spiro atoms. The van der Waals surface area contributed by atoms with E-state index >= 15 is 0 Å². The molecule has 0 saturated carbocycles. The van der Waals surface area contributed by atoms with Gasteiger partial charge in [0.2, 0.25) is 0 Å². The van der Waals surface area contributed by atoms with Gasteiger partial charge >= 0.3 is 1.43 Å². The third kappa shape index (κ3) is 24700. The largest absolute Gasteiger partial charge is 1.00 e. The molecule has 0 aromatic rings. The first kappa shape index (κ1) is 4.97. The van der Waals surface area contributed by atoms with E-state index in [0.717, 1.165) is 0 Å². The second-order valence-electron chi connectivity index (χ2n) is 0.589. The third-order valence-electron chi connectivity index (χ3n) is 0. The van der Waals surface area contributed by atoms with Crippen LogP contribution in [0.15, 0.2) is 0 Å². The minimum Gasteiger partial charge on any atom is -0.240 e. The topological polar surface area (TPSA) is 60.2 Å². The van der Waals surface area contributed by atoms with Crippen LogP contribution in [0.5, 0.6) is 0 Å². The van der Waals surface area contributed by atoms with Crippen molar-refractivity contribution in [1.29, 1.82) is 0 Å². The van der Waals surface area contributed by atoms with Crippen LogP contribution in [0.3, 0.4) is 0 Å². The summed E-state index contributed by atoms with van der Waals surface area (Å²) in [5.74, 6) is 0.